The molecule has 1 aliphatic heterocycles. The Morgan fingerprint density at radius 2 is 2.26 bits per heavy atom. The zero-order chi connectivity index (χ0) is 13.6. The number of hydrogen-bond acceptors (Lipinski definition) is 4. The smallest absolute Gasteiger partial charge is 0.259 e. The highest BCUT2D eigenvalue weighted by Crippen LogP contribution is 2.17. The van der Waals surface area contributed by atoms with Gasteiger partial charge in [0.2, 0.25) is 0 Å². The molecule has 1 amide bonds. The lowest BCUT2D eigenvalue weighted by Gasteiger charge is -2.14. The molecule has 0 radical (unpaired) electrons. The number of nitrogens with zero attached hydrogens (tertiary/aromatic N) is 4. The molecule has 1 N–H and O–H groups in total. The third-order valence-corrected chi connectivity index (χ3v) is 3.46. The second kappa shape index (κ2) is 4.31. The highest BCUT2D eigenvalue weighted by Gasteiger charge is 2.27. The minimum absolute atomic E-state index is 0.107. The predicted octanol–water partition coefficient (Wildman–Crippen LogP) is 0.553. The van der Waals surface area contributed by atoms with Crippen molar-refractivity contribution < 1.29 is 9.90 Å². The van der Waals surface area contributed by atoms with Crippen molar-refractivity contribution in [1.29, 1.82) is 0 Å². The lowest BCUT2D eigenvalue weighted by Crippen LogP contribution is -2.29. The summed E-state index contributed by atoms with van der Waals surface area (Å²) < 4.78 is 1.67. The predicted molar refractivity (Wildman–Crippen MR) is 69.0 cm³/mol. The fourth-order valence-electron chi connectivity index (χ4n) is 2.52. The summed E-state index contributed by atoms with van der Waals surface area (Å²) in [5, 5.41) is 13.7. The SMILES string of the molecule is Cc1cc(C)n2ncc(C(=O)N3CC[C@@H](O)C3)c2n1. The van der Waals surface area contributed by atoms with Crippen LogP contribution in [0, 0.1) is 13.8 Å². The molecule has 19 heavy (non-hydrogen) atoms. The van der Waals surface area contributed by atoms with E-state index < -0.39 is 6.10 Å². The van der Waals surface area contributed by atoms with E-state index >= 15 is 0 Å². The quantitative estimate of drug-likeness (QED) is 0.813. The van der Waals surface area contributed by atoms with Crippen LogP contribution >= 0.6 is 0 Å². The number of fused-ring (bicyclic) bond motifs is 1. The molecule has 0 aromatic carbocycles. The normalized spacial score (nSPS) is 19.3. The van der Waals surface area contributed by atoms with E-state index in [1.165, 1.54) is 0 Å². The van der Waals surface area contributed by atoms with Crippen molar-refractivity contribution in [3.8, 4) is 0 Å². The van der Waals surface area contributed by atoms with Crippen LogP contribution in [0.2, 0.25) is 0 Å². The van der Waals surface area contributed by atoms with Gasteiger partial charge in [-0.1, -0.05) is 0 Å². The van der Waals surface area contributed by atoms with Gasteiger partial charge in [0.25, 0.3) is 5.91 Å². The van der Waals surface area contributed by atoms with Crippen LogP contribution in [-0.4, -0.2) is 49.7 Å². The van der Waals surface area contributed by atoms with Gasteiger partial charge in [0.15, 0.2) is 5.65 Å². The average Bonchev–Trinajstić information content (AvgIpc) is 2.94. The number of aryl methyl sites for hydroxylation is 2. The van der Waals surface area contributed by atoms with Gasteiger partial charge < -0.3 is 10.0 Å². The summed E-state index contributed by atoms with van der Waals surface area (Å²) >= 11 is 0. The van der Waals surface area contributed by atoms with Crippen molar-refractivity contribution in [1.82, 2.24) is 19.5 Å². The van der Waals surface area contributed by atoms with E-state index in [0.29, 0.717) is 30.7 Å². The molecule has 2 aromatic heterocycles. The van der Waals surface area contributed by atoms with E-state index in [-0.39, 0.29) is 5.91 Å². The summed E-state index contributed by atoms with van der Waals surface area (Å²) in [6, 6.07) is 1.92. The number of rotatable bonds is 1. The van der Waals surface area contributed by atoms with E-state index in [2.05, 4.69) is 10.1 Å². The summed E-state index contributed by atoms with van der Waals surface area (Å²) in [7, 11) is 0. The first-order valence-corrected chi connectivity index (χ1v) is 6.35. The van der Waals surface area contributed by atoms with Gasteiger partial charge in [0.05, 0.1) is 12.3 Å². The molecule has 0 unspecified atom stereocenters. The Kier molecular flexibility index (Phi) is 2.74. The molecule has 3 rings (SSSR count). The number of carbonyl (C=O) groups excluding carboxylic acids is 1. The van der Waals surface area contributed by atoms with Crippen molar-refractivity contribution in [3.05, 3.63) is 29.2 Å². The molecule has 2 aromatic rings. The van der Waals surface area contributed by atoms with Crippen LogP contribution in [0.25, 0.3) is 5.65 Å². The number of hydrogen-bond donors (Lipinski definition) is 1. The Balaban J connectivity index is 2.03. The van der Waals surface area contributed by atoms with Crippen molar-refractivity contribution in [2.45, 2.75) is 26.4 Å². The van der Waals surface area contributed by atoms with Crippen molar-refractivity contribution in [2.24, 2.45) is 0 Å². The van der Waals surface area contributed by atoms with Gasteiger partial charge in [-0.05, 0) is 26.3 Å². The number of amides is 1. The summed E-state index contributed by atoms with van der Waals surface area (Å²) in [5.41, 5.74) is 2.90. The Morgan fingerprint density at radius 3 is 2.95 bits per heavy atom. The molecule has 1 aliphatic rings. The van der Waals surface area contributed by atoms with Gasteiger partial charge in [-0.15, -0.1) is 0 Å². The monoisotopic (exact) mass is 260 g/mol. The summed E-state index contributed by atoms with van der Waals surface area (Å²) in [6.07, 6.45) is 1.78. The first-order valence-electron chi connectivity index (χ1n) is 6.35. The second-order valence-corrected chi connectivity index (χ2v) is 5.03. The summed E-state index contributed by atoms with van der Waals surface area (Å²) in [5.74, 6) is -0.107. The molecular formula is C13H16N4O2. The minimum atomic E-state index is -0.415. The molecule has 1 saturated heterocycles. The Labute approximate surface area is 110 Å². The second-order valence-electron chi connectivity index (χ2n) is 5.03. The number of aromatic nitrogens is 3. The van der Waals surface area contributed by atoms with Crippen LogP contribution in [0.5, 0.6) is 0 Å². The zero-order valence-corrected chi connectivity index (χ0v) is 11.0. The molecule has 6 nitrogen and oxygen atoms in total. The molecule has 3 heterocycles. The van der Waals surface area contributed by atoms with Gasteiger partial charge in [0, 0.05) is 24.5 Å². The lowest BCUT2D eigenvalue weighted by molar-refractivity contribution is 0.0766. The van der Waals surface area contributed by atoms with E-state index in [0.717, 1.165) is 11.4 Å². The largest absolute Gasteiger partial charge is 0.391 e. The Bertz CT molecular complexity index is 649. The van der Waals surface area contributed by atoms with E-state index in [1.807, 2.05) is 19.9 Å². The lowest BCUT2D eigenvalue weighted by atomic mass is 10.2. The first kappa shape index (κ1) is 12.1. The number of aliphatic hydroxyl groups excluding tert-OH is 1. The average molecular weight is 260 g/mol. The molecule has 1 atom stereocenters. The molecular weight excluding hydrogens is 244 g/mol. The van der Waals surface area contributed by atoms with E-state index in [4.69, 9.17) is 0 Å². The third kappa shape index (κ3) is 1.98. The summed E-state index contributed by atoms with van der Waals surface area (Å²) in [4.78, 5) is 18.5. The van der Waals surface area contributed by atoms with Gasteiger partial charge in [-0.3, -0.25) is 4.79 Å². The molecule has 0 aliphatic carbocycles. The molecule has 100 valence electrons. The van der Waals surface area contributed by atoms with Gasteiger partial charge >= 0.3 is 0 Å². The number of likely N-dealkylation sites (tertiary alicyclic amines) is 1. The zero-order valence-electron chi connectivity index (χ0n) is 11.0. The van der Waals surface area contributed by atoms with Crippen LogP contribution in [0.15, 0.2) is 12.3 Å². The molecule has 0 bridgehead atoms. The Hall–Kier alpha value is -1.95. The van der Waals surface area contributed by atoms with Gasteiger partial charge in [-0.2, -0.15) is 5.10 Å². The van der Waals surface area contributed by atoms with Crippen LogP contribution in [0.3, 0.4) is 0 Å². The van der Waals surface area contributed by atoms with Gasteiger partial charge in [-0.25, -0.2) is 9.50 Å². The minimum Gasteiger partial charge on any atom is -0.391 e. The molecule has 6 heteroatoms. The van der Waals surface area contributed by atoms with Gasteiger partial charge in [0.1, 0.15) is 5.56 Å². The van der Waals surface area contributed by atoms with E-state index in [9.17, 15) is 9.90 Å². The number of carbonyl (C=O) groups is 1. The molecule has 1 fully saturated rings. The van der Waals surface area contributed by atoms with Crippen LogP contribution < -0.4 is 0 Å². The maximum absolute atomic E-state index is 12.4. The highest BCUT2D eigenvalue weighted by atomic mass is 16.3. The first-order chi connectivity index (χ1) is 9.06. The van der Waals surface area contributed by atoms with Crippen LogP contribution in [0.4, 0.5) is 0 Å². The Morgan fingerprint density at radius 1 is 1.47 bits per heavy atom. The maximum atomic E-state index is 12.4. The fraction of sp³-hybridized carbons (Fsp3) is 0.462. The van der Waals surface area contributed by atoms with Crippen LogP contribution in [-0.2, 0) is 0 Å². The number of aliphatic hydroxyl groups is 1. The molecule has 0 saturated carbocycles. The standard InChI is InChI=1S/C13H16N4O2/c1-8-5-9(2)17-12(15-8)11(6-14-17)13(19)16-4-3-10(18)7-16/h5-6,10,18H,3-4,7H2,1-2H3/t10-/m1/s1. The topological polar surface area (TPSA) is 70.7 Å². The maximum Gasteiger partial charge on any atom is 0.259 e. The van der Waals surface area contributed by atoms with Crippen molar-refractivity contribution in [3.63, 3.8) is 0 Å². The summed E-state index contributed by atoms with van der Waals surface area (Å²) in [6.45, 7) is 4.81. The van der Waals surface area contributed by atoms with Crippen molar-refractivity contribution >= 4 is 11.6 Å². The fourth-order valence-corrected chi connectivity index (χ4v) is 2.52. The number of β-amino-alcohol motifs (C(OH)–C–C–N with tert-alkyl or cyclic N) is 1. The third-order valence-electron chi connectivity index (χ3n) is 3.46. The highest BCUT2D eigenvalue weighted by molar-refractivity contribution is 5.99. The van der Waals surface area contributed by atoms with Crippen LogP contribution in [0.1, 0.15) is 28.2 Å². The molecule has 0 spiro atoms. The van der Waals surface area contributed by atoms with Crippen molar-refractivity contribution in [2.75, 3.05) is 13.1 Å². The van der Waals surface area contributed by atoms with E-state index in [1.54, 1.807) is 15.6 Å².